The van der Waals surface area contributed by atoms with E-state index in [1.54, 1.807) is 56.4 Å². The molecule has 0 atom stereocenters. The van der Waals surface area contributed by atoms with Crippen molar-refractivity contribution in [1.29, 1.82) is 0 Å². The highest BCUT2D eigenvalue weighted by molar-refractivity contribution is 6.37. The number of amides is 1. The first-order valence-electron chi connectivity index (χ1n) is 14.3. The molecule has 12 nitrogen and oxygen atoms in total. The zero-order chi connectivity index (χ0) is 31.1. The number of piperidine rings is 1. The molecule has 0 radical (unpaired) electrons. The third kappa shape index (κ3) is 5.49. The van der Waals surface area contributed by atoms with E-state index in [9.17, 15) is 9.59 Å². The van der Waals surface area contributed by atoms with Crippen LogP contribution in [0.1, 0.15) is 28.9 Å². The zero-order valence-corrected chi connectivity index (χ0v) is 26.1. The van der Waals surface area contributed by atoms with Crippen LogP contribution in [0.2, 0.25) is 10.0 Å². The Bertz CT molecular complexity index is 1760. The summed E-state index contributed by atoms with van der Waals surface area (Å²) in [5.41, 5.74) is 8.28. The number of ether oxygens (including phenoxy) is 1. The summed E-state index contributed by atoms with van der Waals surface area (Å²) in [7, 11) is 3.41. The Labute approximate surface area is 264 Å². The van der Waals surface area contributed by atoms with E-state index in [1.807, 2.05) is 12.1 Å². The number of carbonyl (C=O) groups excluding carboxylic acids is 1. The molecule has 0 bridgehead atoms. The Morgan fingerprint density at radius 1 is 1.09 bits per heavy atom. The minimum atomic E-state index is -0.485. The molecule has 6 rings (SSSR count). The quantitative estimate of drug-likeness (QED) is 0.312. The Hall–Kier alpha value is -4.13. The van der Waals surface area contributed by atoms with Gasteiger partial charge in [0, 0.05) is 58.1 Å². The number of methoxy groups -OCH3 is 1. The van der Waals surface area contributed by atoms with Gasteiger partial charge in [0.15, 0.2) is 11.6 Å². The Balaban J connectivity index is 1.14. The van der Waals surface area contributed by atoms with Crippen molar-refractivity contribution in [3.05, 3.63) is 74.4 Å². The monoisotopic (exact) mass is 637 g/mol. The SMILES string of the molecule is COC1CN(c2cc(-c3cnc(N)c(N4CCC(NC(=O)c5c(C)n(C)n(-c6c(Cl)cccc6Cl)c5=O)CC4)n3)ccn2)C1. The average molecular weight is 639 g/mol. The summed E-state index contributed by atoms with van der Waals surface area (Å²) in [6.07, 6.45) is 4.94. The molecular formula is C30H33Cl2N9O3. The second-order valence-corrected chi connectivity index (χ2v) is 11.8. The van der Waals surface area contributed by atoms with Crippen LogP contribution in [0.5, 0.6) is 0 Å². The number of hydrogen-bond donors (Lipinski definition) is 2. The van der Waals surface area contributed by atoms with Crippen LogP contribution in [-0.2, 0) is 11.8 Å². The first kappa shape index (κ1) is 29.9. The smallest absolute Gasteiger partial charge is 0.284 e. The van der Waals surface area contributed by atoms with Crippen LogP contribution in [0.3, 0.4) is 0 Å². The molecule has 1 amide bonds. The number of nitrogens with one attached hydrogen (secondary N) is 1. The maximum atomic E-state index is 13.4. The minimum Gasteiger partial charge on any atom is -0.381 e. The van der Waals surface area contributed by atoms with Crippen LogP contribution in [-0.4, -0.2) is 75.7 Å². The number of carbonyl (C=O) groups is 1. The van der Waals surface area contributed by atoms with Gasteiger partial charge in [0.2, 0.25) is 0 Å². The van der Waals surface area contributed by atoms with E-state index in [1.165, 1.54) is 4.68 Å². The molecule has 230 valence electrons. The van der Waals surface area contributed by atoms with Crippen molar-refractivity contribution in [2.45, 2.75) is 31.9 Å². The lowest BCUT2D eigenvalue weighted by atomic mass is 10.0. The highest BCUT2D eigenvalue weighted by Crippen LogP contribution is 2.30. The lowest BCUT2D eigenvalue weighted by Gasteiger charge is -2.39. The van der Waals surface area contributed by atoms with Gasteiger partial charge in [-0.25, -0.2) is 19.6 Å². The average Bonchev–Trinajstić information content (AvgIpc) is 3.20. The molecule has 0 spiro atoms. The van der Waals surface area contributed by atoms with Crippen molar-refractivity contribution in [3.63, 3.8) is 0 Å². The Kier molecular flexibility index (Phi) is 8.23. The molecule has 2 aliphatic heterocycles. The minimum absolute atomic E-state index is 0.0569. The standard InChI is InChI=1S/C30H33Cl2N9O3/c1-17-25(30(43)41(38(17)2)26-21(31)5-4-6-22(26)32)29(42)36-19-8-11-39(12-9-19)28-27(33)35-14-23(37-28)18-7-10-34-24(13-18)40-15-20(16-40)44-3/h4-7,10,13-14,19-20H,8-9,11-12,15-16H2,1-3H3,(H2,33,35)(H,36,42). The number of para-hydroxylation sites is 1. The number of pyridine rings is 1. The predicted molar refractivity (Wildman–Crippen MR) is 171 cm³/mol. The second kappa shape index (κ2) is 12.1. The number of nitrogens with two attached hydrogens (primary N) is 1. The van der Waals surface area contributed by atoms with Gasteiger partial charge in [0.1, 0.15) is 17.1 Å². The van der Waals surface area contributed by atoms with Crippen LogP contribution >= 0.6 is 23.2 Å². The summed E-state index contributed by atoms with van der Waals surface area (Å²) >= 11 is 12.7. The third-order valence-electron chi connectivity index (χ3n) is 8.39. The molecule has 5 heterocycles. The zero-order valence-electron chi connectivity index (χ0n) is 24.6. The molecule has 0 aliphatic carbocycles. The first-order valence-corrected chi connectivity index (χ1v) is 15.1. The highest BCUT2D eigenvalue weighted by Gasteiger charge is 2.30. The van der Waals surface area contributed by atoms with Crippen LogP contribution in [0.15, 0.2) is 47.5 Å². The molecule has 3 N–H and O–H groups in total. The number of nitrogens with zero attached hydrogens (tertiary/aromatic N) is 7. The van der Waals surface area contributed by atoms with Gasteiger partial charge in [0.05, 0.1) is 33.7 Å². The molecular weight excluding hydrogens is 605 g/mol. The Morgan fingerprint density at radius 3 is 2.48 bits per heavy atom. The van der Waals surface area contributed by atoms with E-state index in [-0.39, 0.29) is 17.7 Å². The van der Waals surface area contributed by atoms with Gasteiger partial charge in [-0.15, -0.1) is 0 Å². The maximum absolute atomic E-state index is 13.4. The maximum Gasteiger partial charge on any atom is 0.284 e. The normalized spacial score (nSPS) is 15.8. The molecule has 0 unspecified atom stereocenters. The van der Waals surface area contributed by atoms with Gasteiger partial charge < -0.3 is 25.6 Å². The van der Waals surface area contributed by atoms with Crippen molar-refractivity contribution < 1.29 is 9.53 Å². The summed E-state index contributed by atoms with van der Waals surface area (Å²) in [4.78, 5) is 44.9. The van der Waals surface area contributed by atoms with Crippen molar-refractivity contribution in [2.75, 3.05) is 48.8 Å². The number of halogens is 2. The number of anilines is 3. The number of hydrogen-bond acceptors (Lipinski definition) is 9. The number of benzene rings is 1. The molecule has 2 aliphatic rings. The van der Waals surface area contributed by atoms with E-state index >= 15 is 0 Å². The van der Waals surface area contributed by atoms with E-state index in [2.05, 4.69) is 25.1 Å². The highest BCUT2D eigenvalue weighted by atomic mass is 35.5. The summed E-state index contributed by atoms with van der Waals surface area (Å²) in [6.45, 7) is 4.53. The van der Waals surface area contributed by atoms with E-state index < -0.39 is 11.5 Å². The summed E-state index contributed by atoms with van der Waals surface area (Å²) in [6, 6.07) is 8.76. The second-order valence-electron chi connectivity index (χ2n) is 11.0. The molecule has 0 saturated carbocycles. The molecule has 14 heteroatoms. The lowest BCUT2D eigenvalue weighted by Crippen LogP contribution is -2.52. The van der Waals surface area contributed by atoms with Crippen LogP contribution < -0.4 is 26.4 Å². The lowest BCUT2D eigenvalue weighted by molar-refractivity contribution is 0.0783. The van der Waals surface area contributed by atoms with Crippen LogP contribution in [0.25, 0.3) is 16.9 Å². The summed E-state index contributed by atoms with van der Waals surface area (Å²) < 4.78 is 8.30. The van der Waals surface area contributed by atoms with Gasteiger partial charge in [-0.05, 0) is 44.0 Å². The van der Waals surface area contributed by atoms with Crippen LogP contribution in [0.4, 0.5) is 17.5 Å². The van der Waals surface area contributed by atoms with E-state index in [0.29, 0.717) is 64.7 Å². The molecule has 44 heavy (non-hydrogen) atoms. The van der Waals surface area contributed by atoms with Crippen molar-refractivity contribution >= 4 is 46.6 Å². The van der Waals surface area contributed by atoms with Crippen LogP contribution in [0, 0.1) is 6.92 Å². The number of rotatable bonds is 7. The van der Waals surface area contributed by atoms with Gasteiger partial charge in [-0.1, -0.05) is 29.3 Å². The molecule has 2 saturated heterocycles. The molecule has 2 fully saturated rings. The topological polar surface area (TPSA) is 136 Å². The van der Waals surface area contributed by atoms with Crippen molar-refractivity contribution in [3.8, 4) is 16.9 Å². The largest absolute Gasteiger partial charge is 0.381 e. The molecule has 4 aromatic rings. The first-order chi connectivity index (χ1) is 21.2. The third-order valence-corrected chi connectivity index (χ3v) is 9.00. The van der Waals surface area contributed by atoms with Gasteiger partial charge in [-0.2, -0.15) is 0 Å². The fourth-order valence-electron chi connectivity index (χ4n) is 5.69. The number of nitrogen functional groups attached to an aromatic ring is 1. The van der Waals surface area contributed by atoms with E-state index in [0.717, 1.165) is 24.5 Å². The Morgan fingerprint density at radius 2 is 1.80 bits per heavy atom. The predicted octanol–water partition coefficient (Wildman–Crippen LogP) is 3.46. The van der Waals surface area contributed by atoms with Gasteiger partial charge >= 0.3 is 0 Å². The fourth-order valence-corrected chi connectivity index (χ4v) is 6.25. The summed E-state index contributed by atoms with van der Waals surface area (Å²) in [5, 5.41) is 3.67. The summed E-state index contributed by atoms with van der Waals surface area (Å²) in [5.74, 6) is 1.38. The fraction of sp³-hybridized carbons (Fsp3) is 0.367. The number of aromatic nitrogens is 5. The van der Waals surface area contributed by atoms with Crippen molar-refractivity contribution in [2.24, 2.45) is 7.05 Å². The molecule has 1 aromatic carbocycles. The van der Waals surface area contributed by atoms with Gasteiger partial charge in [-0.3, -0.25) is 14.3 Å². The van der Waals surface area contributed by atoms with Crippen molar-refractivity contribution in [1.82, 2.24) is 29.6 Å². The van der Waals surface area contributed by atoms with E-state index in [4.69, 9.17) is 38.7 Å². The van der Waals surface area contributed by atoms with Gasteiger partial charge in [0.25, 0.3) is 11.5 Å². The molecule has 3 aromatic heterocycles.